The second kappa shape index (κ2) is 3.14. The zero-order valence-electron chi connectivity index (χ0n) is 7.16. The van der Waals surface area contributed by atoms with Gasteiger partial charge in [0.2, 0.25) is 0 Å². The van der Waals surface area contributed by atoms with E-state index in [9.17, 15) is 9.18 Å². The molecule has 0 unspecified atom stereocenters. The fourth-order valence-electron chi connectivity index (χ4n) is 1.35. The highest BCUT2D eigenvalue weighted by molar-refractivity contribution is 5.80. The standard InChI is InChI=1S/C10H7FO3/c11-10-6(5-9(12)13)1-2-8-7(10)3-4-14-8/h1-4H,5H2,(H,12,13). The molecular formula is C10H7FO3. The number of aliphatic carboxylic acids is 1. The molecule has 2 rings (SSSR count). The zero-order valence-corrected chi connectivity index (χ0v) is 7.16. The normalized spacial score (nSPS) is 10.6. The monoisotopic (exact) mass is 194 g/mol. The lowest BCUT2D eigenvalue weighted by Crippen LogP contribution is -2.02. The average molecular weight is 194 g/mol. The number of rotatable bonds is 2. The molecule has 14 heavy (non-hydrogen) atoms. The minimum absolute atomic E-state index is 0.173. The Bertz CT molecular complexity index is 487. The minimum Gasteiger partial charge on any atom is -0.481 e. The van der Waals surface area contributed by atoms with Crippen LogP contribution < -0.4 is 0 Å². The molecule has 4 heteroatoms. The van der Waals surface area contributed by atoms with E-state index in [2.05, 4.69) is 0 Å². The maximum absolute atomic E-state index is 13.5. The Hall–Kier alpha value is -1.84. The second-order valence-corrected chi connectivity index (χ2v) is 2.94. The summed E-state index contributed by atoms with van der Waals surface area (Å²) >= 11 is 0. The molecule has 0 saturated heterocycles. The lowest BCUT2D eigenvalue weighted by molar-refractivity contribution is -0.136. The Morgan fingerprint density at radius 2 is 2.21 bits per heavy atom. The molecule has 1 heterocycles. The molecule has 2 aromatic rings. The number of furan rings is 1. The van der Waals surface area contributed by atoms with Crippen molar-refractivity contribution in [1.82, 2.24) is 0 Å². The Labute approximate surface area is 78.8 Å². The van der Waals surface area contributed by atoms with Gasteiger partial charge in [-0.3, -0.25) is 4.79 Å². The predicted octanol–water partition coefficient (Wildman–Crippen LogP) is 2.20. The first-order chi connectivity index (χ1) is 6.68. The Morgan fingerprint density at radius 1 is 1.43 bits per heavy atom. The summed E-state index contributed by atoms with van der Waals surface area (Å²) in [4.78, 5) is 10.4. The van der Waals surface area contributed by atoms with Crippen LogP contribution in [0.5, 0.6) is 0 Å². The SMILES string of the molecule is O=C(O)Cc1ccc2occc2c1F. The third-order valence-corrected chi connectivity index (χ3v) is 1.99. The van der Waals surface area contributed by atoms with Crippen LogP contribution >= 0.6 is 0 Å². The van der Waals surface area contributed by atoms with E-state index < -0.39 is 11.8 Å². The second-order valence-electron chi connectivity index (χ2n) is 2.94. The van der Waals surface area contributed by atoms with Crippen molar-refractivity contribution in [2.75, 3.05) is 0 Å². The fourth-order valence-corrected chi connectivity index (χ4v) is 1.35. The summed E-state index contributed by atoms with van der Waals surface area (Å²) in [5.41, 5.74) is 0.600. The zero-order chi connectivity index (χ0) is 10.1. The summed E-state index contributed by atoms with van der Waals surface area (Å²) < 4.78 is 18.5. The van der Waals surface area contributed by atoms with Crippen LogP contribution in [0.4, 0.5) is 4.39 Å². The molecule has 0 spiro atoms. The first kappa shape index (κ1) is 8.74. The van der Waals surface area contributed by atoms with E-state index in [-0.39, 0.29) is 12.0 Å². The highest BCUT2D eigenvalue weighted by Crippen LogP contribution is 2.22. The maximum atomic E-state index is 13.5. The lowest BCUT2D eigenvalue weighted by Gasteiger charge is -1.99. The summed E-state index contributed by atoms with van der Waals surface area (Å²) in [6.07, 6.45) is 1.06. The quantitative estimate of drug-likeness (QED) is 0.797. The summed E-state index contributed by atoms with van der Waals surface area (Å²) in [5.74, 6) is -1.56. The van der Waals surface area contributed by atoms with Gasteiger partial charge in [-0.1, -0.05) is 6.07 Å². The topological polar surface area (TPSA) is 50.4 Å². The van der Waals surface area contributed by atoms with Crippen molar-refractivity contribution in [3.8, 4) is 0 Å². The number of fused-ring (bicyclic) bond motifs is 1. The van der Waals surface area contributed by atoms with Gasteiger partial charge in [0.15, 0.2) is 0 Å². The van der Waals surface area contributed by atoms with Crippen LogP contribution in [0.3, 0.4) is 0 Å². The molecule has 72 valence electrons. The third-order valence-electron chi connectivity index (χ3n) is 1.99. The molecule has 0 aliphatic rings. The van der Waals surface area contributed by atoms with Crippen molar-refractivity contribution in [3.63, 3.8) is 0 Å². The lowest BCUT2D eigenvalue weighted by atomic mass is 10.1. The largest absolute Gasteiger partial charge is 0.481 e. The number of hydrogen-bond donors (Lipinski definition) is 1. The van der Waals surface area contributed by atoms with E-state index in [1.54, 1.807) is 6.07 Å². The molecular weight excluding hydrogens is 187 g/mol. The molecule has 3 nitrogen and oxygen atoms in total. The van der Waals surface area contributed by atoms with Gasteiger partial charge in [0.1, 0.15) is 11.4 Å². The molecule has 0 radical (unpaired) electrons. The van der Waals surface area contributed by atoms with Crippen LogP contribution in [0.1, 0.15) is 5.56 Å². The van der Waals surface area contributed by atoms with Crippen LogP contribution in [-0.4, -0.2) is 11.1 Å². The van der Waals surface area contributed by atoms with E-state index in [1.807, 2.05) is 0 Å². The Kier molecular flexibility index (Phi) is 1.96. The van der Waals surface area contributed by atoms with Crippen molar-refractivity contribution < 1.29 is 18.7 Å². The molecule has 1 N–H and O–H groups in total. The molecule has 1 aromatic carbocycles. The number of halogens is 1. The summed E-state index contributed by atoms with van der Waals surface area (Å²) in [6, 6.07) is 4.47. The van der Waals surface area contributed by atoms with Gasteiger partial charge in [-0.25, -0.2) is 4.39 Å². The molecule has 0 atom stereocenters. The van der Waals surface area contributed by atoms with Crippen molar-refractivity contribution >= 4 is 16.9 Å². The average Bonchev–Trinajstić information content (AvgIpc) is 2.57. The van der Waals surface area contributed by atoms with Crippen LogP contribution in [0.15, 0.2) is 28.9 Å². The van der Waals surface area contributed by atoms with Crippen LogP contribution in [0.2, 0.25) is 0 Å². The molecule has 0 aliphatic carbocycles. The number of benzene rings is 1. The van der Waals surface area contributed by atoms with Crippen LogP contribution in [0, 0.1) is 5.82 Å². The smallest absolute Gasteiger partial charge is 0.307 e. The Morgan fingerprint density at radius 3 is 2.93 bits per heavy atom. The van der Waals surface area contributed by atoms with E-state index >= 15 is 0 Å². The van der Waals surface area contributed by atoms with Gasteiger partial charge < -0.3 is 9.52 Å². The number of carbonyl (C=O) groups is 1. The van der Waals surface area contributed by atoms with E-state index in [0.29, 0.717) is 11.0 Å². The van der Waals surface area contributed by atoms with E-state index in [4.69, 9.17) is 9.52 Å². The van der Waals surface area contributed by atoms with E-state index in [0.717, 1.165) is 0 Å². The number of hydrogen-bond acceptors (Lipinski definition) is 2. The number of carboxylic acid groups (broad SMARTS) is 1. The van der Waals surface area contributed by atoms with Crippen molar-refractivity contribution in [3.05, 3.63) is 35.8 Å². The molecule has 1 aromatic heterocycles. The van der Waals surface area contributed by atoms with Crippen molar-refractivity contribution in [2.45, 2.75) is 6.42 Å². The first-order valence-corrected chi connectivity index (χ1v) is 4.05. The van der Waals surface area contributed by atoms with Crippen molar-refractivity contribution in [2.24, 2.45) is 0 Å². The highest BCUT2D eigenvalue weighted by Gasteiger charge is 2.11. The van der Waals surface area contributed by atoms with Crippen LogP contribution in [-0.2, 0) is 11.2 Å². The minimum atomic E-state index is -1.05. The molecule has 0 aliphatic heterocycles. The first-order valence-electron chi connectivity index (χ1n) is 4.05. The van der Waals surface area contributed by atoms with Crippen molar-refractivity contribution in [1.29, 1.82) is 0 Å². The molecule has 0 fully saturated rings. The summed E-state index contributed by atoms with van der Waals surface area (Å²) in [6.45, 7) is 0. The summed E-state index contributed by atoms with van der Waals surface area (Å²) in [5, 5.41) is 8.85. The molecule has 0 saturated carbocycles. The fraction of sp³-hybridized carbons (Fsp3) is 0.100. The summed E-state index contributed by atoms with van der Waals surface area (Å²) in [7, 11) is 0. The maximum Gasteiger partial charge on any atom is 0.307 e. The van der Waals surface area contributed by atoms with Crippen LogP contribution in [0.25, 0.3) is 11.0 Å². The predicted molar refractivity (Wildman–Crippen MR) is 47.5 cm³/mol. The van der Waals surface area contributed by atoms with Gasteiger partial charge in [0.05, 0.1) is 18.1 Å². The van der Waals surface area contributed by atoms with E-state index in [1.165, 1.54) is 18.4 Å². The van der Waals surface area contributed by atoms with Gasteiger partial charge in [-0.05, 0) is 17.7 Å². The number of carboxylic acids is 1. The van der Waals surface area contributed by atoms with Gasteiger partial charge in [-0.15, -0.1) is 0 Å². The molecule has 0 bridgehead atoms. The Balaban J connectivity index is 2.56. The highest BCUT2D eigenvalue weighted by atomic mass is 19.1. The third kappa shape index (κ3) is 1.35. The van der Waals surface area contributed by atoms with Gasteiger partial charge in [0.25, 0.3) is 0 Å². The molecule has 0 amide bonds. The van der Waals surface area contributed by atoms with Gasteiger partial charge in [-0.2, -0.15) is 0 Å². The van der Waals surface area contributed by atoms with Gasteiger partial charge >= 0.3 is 5.97 Å². The van der Waals surface area contributed by atoms with Gasteiger partial charge in [0, 0.05) is 0 Å².